The Hall–Kier alpha value is -2.82. The standard InChI is InChI=1S/C23H32N4O6/c1-16-7-8-17(27-22(31)26(20(29)12-25-27)13-18(28)14-33-2)11-19(16)21(30)24-15-23(32)9-5-3-4-6-10-23/h7-8,11-12,18,28,32H,3-6,9-10,13-15H2,1-2H3,(H,24,30)/t18-/m1/s1. The van der Waals surface area contributed by atoms with Gasteiger partial charge >= 0.3 is 5.69 Å². The molecule has 3 N–H and O–H groups in total. The smallest absolute Gasteiger partial charge is 0.352 e. The molecule has 0 saturated heterocycles. The van der Waals surface area contributed by atoms with E-state index in [0.717, 1.165) is 41.1 Å². The Kier molecular flexibility index (Phi) is 8.17. The van der Waals surface area contributed by atoms with Crippen molar-refractivity contribution in [2.45, 2.75) is 63.7 Å². The lowest BCUT2D eigenvalue weighted by Crippen LogP contribution is -2.43. The average Bonchev–Trinajstić information content (AvgIpc) is 3.01. The second-order valence-corrected chi connectivity index (χ2v) is 8.72. The zero-order chi connectivity index (χ0) is 24.0. The molecule has 1 fully saturated rings. The largest absolute Gasteiger partial charge is 0.389 e. The molecule has 0 aliphatic heterocycles. The van der Waals surface area contributed by atoms with E-state index in [1.165, 1.54) is 13.2 Å². The van der Waals surface area contributed by atoms with Gasteiger partial charge in [0.1, 0.15) is 6.20 Å². The molecule has 1 atom stereocenters. The summed E-state index contributed by atoms with van der Waals surface area (Å²) < 4.78 is 6.74. The number of hydrogen-bond donors (Lipinski definition) is 3. The van der Waals surface area contributed by atoms with Gasteiger partial charge in [-0.05, 0) is 37.5 Å². The number of benzene rings is 1. The van der Waals surface area contributed by atoms with Gasteiger partial charge in [0.25, 0.3) is 11.5 Å². The minimum atomic E-state index is -1.04. The maximum absolute atomic E-state index is 12.9. The number of carbonyl (C=O) groups is 1. The zero-order valence-electron chi connectivity index (χ0n) is 19.1. The van der Waals surface area contributed by atoms with E-state index in [1.807, 2.05) is 0 Å². The molecule has 0 unspecified atom stereocenters. The van der Waals surface area contributed by atoms with Crippen LogP contribution in [0.1, 0.15) is 54.4 Å². The summed E-state index contributed by atoms with van der Waals surface area (Å²) in [7, 11) is 1.41. The fourth-order valence-corrected chi connectivity index (χ4v) is 4.13. The number of nitrogens with zero attached hydrogens (tertiary/aromatic N) is 3. The SMILES string of the molecule is COC[C@H](O)Cn1c(=O)cnn(-c2ccc(C)c(C(=O)NCC3(O)CCCCCC3)c2)c1=O. The van der Waals surface area contributed by atoms with Crippen LogP contribution in [0.2, 0.25) is 0 Å². The predicted octanol–water partition coefficient (Wildman–Crippen LogP) is 0.525. The third-order valence-electron chi connectivity index (χ3n) is 6.04. The number of methoxy groups -OCH3 is 1. The molecule has 10 nitrogen and oxygen atoms in total. The highest BCUT2D eigenvalue weighted by Crippen LogP contribution is 2.26. The number of aryl methyl sites for hydroxylation is 1. The Labute approximate surface area is 191 Å². The highest BCUT2D eigenvalue weighted by Gasteiger charge is 2.28. The van der Waals surface area contributed by atoms with Gasteiger partial charge in [-0.3, -0.25) is 14.2 Å². The summed E-state index contributed by atoms with van der Waals surface area (Å²) in [5.74, 6) is -0.357. The first-order valence-corrected chi connectivity index (χ1v) is 11.2. The Balaban J connectivity index is 1.84. The maximum Gasteiger partial charge on any atom is 0.352 e. The summed E-state index contributed by atoms with van der Waals surface area (Å²) in [4.78, 5) is 37.9. The molecule has 3 rings (SSSR count). The van der Waals surface area contributed by atoms with Crippen LogP contribution >= 0.6 is 0 Å². The highest BCUT2D eigenvalue weighted by molar-refractivity contribution is 5.96. The number of rotatable bonds is 8. The molecule has 2 aromatic rings. The molecule has 1 aromatic carbocycles. The monoisotopic (exact) mass is 460 g/mol. The number of hydrogen-bond acceptors (Lipinski definition) is 7. The van der Waals surface area contributed by atoms with Crippen molar-refractivity contribution in [3.05, 3.63) is 56.4 Å². The molecule has 1 aliphatic carbocycles. The minimum absolute atomic E-state index is 0.0323. The molecule has 1 heterocycles. The lowest BCUT2D eigenvalue weighted by molar-refractivity contribution is 0.0246. The second kappa shape index (κ2) is 10.9. The van der Waals surface area contributed by atoms with E-state index >= 15 is 0 Å². The quantitative estimate of drug-likeness (QED) is 0.489. The first kappa shape index (κ1) is 24.8. The topological polar surface area (TPSA) is 136 Å². The molecule has 0 bridgehead atoms. The van der Waals surface area contributed by atoms with Crippen molar-refractivity contribution in [1.29, 1.82) is 0 Å². The molecule has 1 aliphatic rings. The van der Waals surface area contributed by atoms with E-state index in [4.69, 9.17) is 4.74 Å². The van der Waals surface area contributed by atoms with Gasteiger partial charge in [0, 0.05) is 19.2 Å². The molecule has 0 spiro atoms. The van der Waals surface area contributed by atoms with E-state index in [9.17, 15) is 24.6 Å². The van der Waals surface area contributed by atoms with Crippen molar-refractivity contribution in [3.63, 3.8) is 0 Å². The molecule has 1 aromatic heterocycles. The number of carbonyl (C=O) groups excluding carboxylic acids is 1. The van der Waals surface area contributed by atoms with Crippen LogP contribution < -0.4 is 16.6 Å². The highest BCUT2D eigenvalue weighted by atomic mass is 16.5. The van der Waals surface area contributed by atoms with E-state index in [1.54, 1.807) is 19.1 Å². The van der Waals surface area contributed by atoms with Gasteiger partial charge in [-0.2, -0.15) is 9.78 Å². The number of aliphatic hydroxyl groups excluding tert-OH is 1. The van der Waals surface area contributed by atoms with E-state index < -0.39 is 23.0 Å². The van der Waals surface area contributed by atoms with Crippen LogP contribution in [-0.2, 0) is 11.3 Å². The number of aliphatic hydroxyl groups is 2. The lowest BCUT2D eigenvalue weighted by atomic mass is 9.94. The number of ether oxygens (including phenoxy) is 1. The third kappa shape index (κ3) is 6.16. The lowest BCUT2D eigenvalue weighted by Gasteiger charge is -2.27. The van der Waals surface area contributed by atoms with Crippen LogP contribution in [-0.4, -0.2) is 62.4 Å². The van der Waals surface area contributed by atoms with Crippen LogP contribution in [0.25, 0.3) is 5.69 Å². The molecule has 1 saturated carbocycles. The molecule has 33 heavy (non-hydrogen) atoms. The third-order valence-corrected chi connectivity index (χ3v) is 6.04. The van der Waals surface area contributed by atoms with Gasteiger partial charge in [0.15, 0.2) is 0 Å². The number of aromatic nitrogens is 3. The Morgan fingerprint density at radius 3 is 2.61 bits per heavy atom. The molecule has 10 heteroatoms. The van der Waals surface area contributed by atoms with Crippen LogP contribution in [0.4, 0.5) is 0 Å². The molecule has 1 amide bonds. The van der Waals surface area contributed by atoms with Crippen LogP contribution in [0, 0.1) is 6.92 Å². The van der Waals surface area contributed by atoms with Crippen molar-refractivity contribution in [1.82, 2.24) is 19.7 Å². The van der Waals surface area contributed by atoms with E-state index in [0.29, 0.717) is 29.7 Å². The van der Waals surface area contributed by atoms with E-state index in [-0.39, 0.29) is 25.6 Å². The van der Waals surface area contributed by atoms with Crippen LogP contribution in [0.15, 0.2) is 34.0 Å². The summed E-state index contributed by atoms with van der Waals surface area (Å²) in [6, 6.07) is 4.84. The van der Waals surface area contributed by atoms with Gasteiger partial charge < -0.3 is 20.3 Å². The summed E-state index contributed by atoms with van der Waals surface area (Å²) in [6.45, 7) is 1.66. The summed E-state index contributed by atoms with van der Waals surface area (Å²) in [5, 5.41) is 27.5. The fraction of sp³-hybridized carbons (Fsp3) is 0.565. The summed E-state index contributed by atoms with van der Waals surface area (Å²) in [5.41, 5.74) is -0.946. The van der Waals surface area contributed by atoms with Gasteiger partial charge in [-0.25, -0.2) is 4.79 Å². The van der Waals surface area contributed by atoms with Crippen molar-refractivity contribution in [2.75, 3.05) is 20.3 Å². The fourth-order valence-electron chi connectivity index (χ4n) is 4.13. The zero-order valence-corrected chi connectivity index (χ0v) is 19.1. The van der Waals surface area contributed by atoms with Crippen molar-refractivity contribution in [3.8, 4) is 5.69 Å². The normalized spacial score (nSPS) is 16.7. The first-order valence-electron chi connectivity index (χ1n) is 11.2. The summed E-state index contributed by atoms with van der Waals surface area (Å²) in [6.07, 6.45) is 5.30. The van der Waals surface area contributed by atoms with Crippen LogP contribution in [0.3, 0.4) is 0 Å². The first-order chi connectivity index (χ1) is 15.7. The number of amides is 1. The maximum atomic E-state index is 12.9. The van der Waals surface area contributed by atoms with Gasteiger partial charge in [0.05, 0.1) is 30.5 Å². The minimum Gasteiger partial charge on any atom is -0.389 e. The van der Waals surface area contributed by atoms with Gasteiger partial charge in [0.2, 0.25) is 0 Å². The Bertz CT molecular complexity index is 1090. The number of nitrogens with one attached hydrogen (secondary N) is 1. The molecule has 0 radical (unpaired) electrons. The van der Waals surface area contributed by atoms with Crippen molar-refractivity contribution in [2.24, 2.45) is 0 Å². The van der Waals surface area contributed by atoms with Crippen molar-refractivity contribution >= 4 is 5.91 Å². The van der Waals surface area contributed by atoms with Crippen molar-refractivity contribution < 1.29 is 19.7 Å². The predicted molar refractivity (Wildman–Crippen MR) is 122 cm³/mol. The molecule has 180 valence electrons. The summed E-state index contributed by atoms with van der Waals surface area (Å²) >= 11 is 0. The van der Waals surface area contributed by atoms with Gasteiger partial charge in [-0.15, -0.1) is 0 Å². The van der Waals surface area contributed by atoms with Crippen LogP contribution in [0.5, 0.6) is 0 Å². The molecular weight excluding hydrogens is 428 g/mol. The Morgan fingerprint density at radius 2 is 1.94 bits per heavy atom. The van der Waals surface area contributed by atoms with Gasteiger partial charge in [-0.1, -0.05) is 31.7 Å². The average molecular weight is 461 g/mol. The Morgan fingerprint density at radius 1 is 1.24 bits per heavy atom. The molecular formula is C23H32N4O6. The van der Waals surface area contributed by atoms with E-state index in [2.05, 4.69) is 10.4 Å². The second-order valence-electron chi connectivity index (χ2n) is 8.72.